The van der Waals surface area contributed by atoms with Gasteiger partial charge in [0.05, 0.1) is 23.0 Å². The van der Waals surface area contributed by atoms with E-state index >= 15 is 0 Å². The minimum absolute atomic E-state index is 0.180. The smallest absolute Gasteiger partial charge is 0.416 e. The number of nitriles is 1. The molecule has 4 rings (SSSR count). The van der Waals surface area contributed by atoms with Crippen LogP contribution in [0.25, 0.3) is 16.9 Å². The van der Waals surface area contributed by atoms with Gasteiger partial charge in [0.25, 0.3) is 0 Å². The molecule has 0 radical (unpaired) electrons. The Hall–Kier alpha value is -4.12. The largest absolute Gasteiger partial charge is 0.460 e. The van der Waals surface area contributed by atoms with Crippen LogP contribution in [0.1, 0.15) is 78.4 Å². The van der Waals surface area contributed by atoms with Crippen LogP contribution >= 0.6 is 0 Å². The number of ether oxygens (including phenoxy) is 2. The zero-order valence-electron chi connectivity index (χ0n) is 25.8. The highest BCUT2D eigenvalue weighted by atomic mass is 16.6. The molecule has 1 unspecified atom stereocenters. The third-order valence-corrected chi connectivity index (χ3v) is 7.14. The SMILES string of the molecule is Cc1ccc(-c2cc(N(C[C@H]3CCC(CC(=O)OC(C)(C)C)C3)C(=O)OC(C)(C)C)nn2-c2ccc(C#N)cc2)cc1. The summed E-state index contributed by atoms with van der Waals surface area (Å²) in [6.07, 6.45) is 2.54. The van der Waals surface area contributed by atoms with Crippen molar-refractivity contribution in [3.63, 3.8) is 0 Å². The lowest BCUT2D eigenvalue weighted by Crippen LogP contribution is -2.39. The van der Waals surface area contributed by atoms with Crippen molar-refractivity contribution in [3.05, 3.63) is 65.7 Å². The molecular formula is C34H42N4O4. The lowest BCUT2D eigenvalue weighted by Gasteiger charge is -2.28. The van der Waals surface area contributed by atoms with Crippen molar-refractivity contribution in [2.45, 2.75) is 85.4 Å². The van der Waals surface area contributed by atoms with Crippen LogP contribution in [0, 0.1) is 30.1 Å². The van der Waals surface area contributed by atoms with E-state index in [9.17, 15) is 14.9 Å². The number of carbonyl (C=O) groups excluding carboxylic acids is 2. The molecule has 0 spiro atoms. The van der Waals surface area contributed by atoms with Gasteiger partial charge in [-0.05, 0) is 104 Å². The van der Waals surface area contributed by atoms with Crippen LogP contribution in [0.3, 0.4) is 0 Å². The van der Waals surface area contributed by atoms with Gasteiger partial charge in [-0.1, -0.05) is 29.8 Å². The molecule has 2 aromatic carbocycles. The highest BCUT2D eigenvalue weighted by Gasteiger charge is 2.34. The van der Waals surface area contributed by atoms with Gasteiger partial charge in [-0.3, -0.25) is 9.69 Å². The van der Waals surface area contributed by atoms with Crippen molar-refractivity contribution in [1.82, 2.24) is 9.78 Å². The summed E-state index contributed by atoms with van der Waals surface area (Å²) in [5.74, 6) is 0.707. The zero-order chi connectivity index (χ0) is 30.7. The highest BCUT2D eigenvalue weighted by Crippen LogP contribution is 2.36. The lowest BCUT2D eigenvalue weighted by molar-refractivity contribution is -0.155. The number of amides is 1. The molecule has 1 amide bonds. The Bertz CT molecular complexity index is 1440. The third kappa shape index (κ3) is 8.22. The number of anilines is 1. The Morgan fingerprint density at radius 1 is 0.952 bits per heavy atom. The average Bonchev–Trinajstić information content (AvgIpc) is 3.52. The van der Waals surface area contributed by atoms with E-state index in [-0.39, 0.29) is 17.8 Å². The number of benzene rings is 2. The molecule has 8 nitrogen and oxygen atoms in total. The maximum Gasteiger partial charge on any atom is 0.416 e. The van der Waals surface area contributed by atoms with Gasteiger partial charge in [0.15, 0.2) is 5.82 Å². The number of carbonyl (C=O) groups is 2. The van der Waals surface area contributed by atoms with Crippen molar-refractivity contribution in [1.29, 1.82) is 5.26 Å². The Labute approximate surface area is 249 Å². The number of esters is 1. The van der Waals surface area contributed by atoms with E-state index < -0.39 is 17.3 Å². The van der Waals surface area contributed by atoms with E-state index in [1.807, 2.05) is 90.9 Å². The van der Waals surface area contributed by atoms with Crippen LogP contribution in [0.15, 0.2) is 54.6 Å². The quantitative estimate of drug-likeness (QED) is 0.271. The number of rotatable bonds is 7. The van der Waals surface area contributed by atoms with Gasteiger partial charge in [0.2, 0.25) is 0 Å². The van der Waals surface area contributed by atoms with Crippen molar-refractivity contribution in [2.24, 2.45) is 11.8 Å². The molecular weight excluding hydrogens is 528 g/mol. The van der Waals surface area contributed by atoms with Crippen molar-refractivity contribution >= 4 is 17.9 Å². The van der Waals surface area contributed by atoms with Crippen molar-refractivity contribution in [2.75, 3.05) is 11.4 Å². The first-order valence-electron chi connectivity index (χ1n) is 14.6. The molecule has 42 heavy (non-hydrogen) atoms. The van der Waals surface area contributed by atoms with E-state index in [1.54, 1.807) is 21.7 Å². The molecule has 1 fully saturated rings. The molecule has 3 aromatic rings. The number of hydrogen-bond donors (Lipinski definition) is 0. The molecule has 0 saturated heterocycles. The number of hydrogen-bond acceptors (Lipinski definition) is 6. The summed E-state index contributed by atoms with van der Waals surface area (Å²) in [4.78, 5) is 27.7. The molecule has 1 heterocycles. The Morgan fingerprint density at radius 2 is 1.57 bits per heavy atom. The number of aromatic nitrogens is 2. The fourth-order valence-corrected chi connectivity index (χ4v) is 5.29. The molecule has 0 aliphatic heterocycles. The van der Waals surface area contributed by atoms with Crippen LogP contribution in [0.2, 0.25) is 0 Å². The average molecular weight is 571 g/mol. The molecule has 0 N–H and O–H groups in total. The fraction of sp³-hybridized carbons (Fsp3) is 0.471. The van der Waals surface area contributed by atoms with Crippen LogP contribution in [0.4, 0.5) is 10.6 Å². The summed E-state index contributed by atoms with van der Waals surface area (Å²) in [5.41, 5.74) is 3.05. The molecule has 8 heteroatoms. The summed E-state index contributed by atoms with van der Waals surface area (Å²) in [6, 6.07) is 19.4. The molecule has 1 aliphatic rings. The minimum Gasteiger partial charge on any atom is -0.460 e. The second kappa shape index (κ2) is 12.4. The van der Waals surface area contributed by atoms with E-state index in [1.165, 1.54) is 0 Å². The minimum atomic E-state index is -0.681. The van der Waals surface area contributed by atoms with Crippen LogP contribution in [-0.4, -0.2) is 39.6 Å². The molecule has 1 aromatic heterocycles. The van der Waals surface area contributed by atoms with Gasteiger partial charge in [-0.25, -0.2) is 9.48 Å². The second-order valence-electron chi connectivity index (χ2n) is 13.3. The lowest BCUT2D eigenvalue weighted by atomic mass is 10.0. The summed E-state index contributed by atoms with van der Waals surface area (Å²) in [6.45, 7) is 13.6. The zero-order valence-corrected chi connectivity index (χ0v) is 25.8. The van der Waals surface area contributed by atoms with Crippen LogP contribution in [0.5, 0.6) is 0 Å². The van der Waals surface area contributed by atoms with Gasteiger partial charge in [-0.2, -0.15) is 5.26 Å². The van der Waals surface area contributed by atoms with Gasteiger partial charge in [0, 0.05) is 24.6 Å². The first kappa shape index (κ1) is 30.8. The van der Waals surface area contributed by atoms with Gasteiger partial charge >= 0.3 is 12.1 Å². The summed E-state index contributed by atoms with van der Waals surface area (Å²) in [7, 11) is 0. The Kier molecular flexibility index (Phi) is 9.10. The first-order valence-corrected chi connectivity index (χ1v) is 14.6. The van der Waals surface area contributed by atoms with Gasteiger partial charge in [0.1, 0.15) is 11.2 Å². The van der Waals surface area contributed by atoms with E-state index in [4.69, 9.17) is 14.6 Å². The number of nitrogens with zero attached hydrogens (tertiary/aromatic N) is 4. The topological polar surface area (TPSA) is 97.4 Å². The summed E-state index contributed by atoms with van der Waals surface area (Å²) in [5, 5.41) is 14.2. The van der Waals surface area contributed by atoms with Crippen molar-refractivity contribution < 1.29 is 19.1 Å². The Morgan fingerprint density at radius 3 is 2.17 bits per heavy atom. The predicted molar refractivity (Wildman–Crippen MR) is 163 cm³/mol. The molecule has 1 aliphatic carbocycles. The van der Waals surface area contributed by atoms with Crippen molar-refractivity contribution in [3.8, 4) is 23.0 Å². The maximum atomic E-state index is 13.6. The molecule has 222 valence electrons. The van der Waals surface area contributed by atoms with E-state index in [0.717, 1.165) is 41.8 Å². The summed E-state index contributed by atoms with van der Waals surface area (Å²) < 4.78 is 13.2. The highest BCUT2D eigenvalue weighted by molar-refractivity contribution is 5.88. The fourth-order valence-electron chi connectivity index (χ4n) is 5.29. The van der Waals surface area contributed by atoms with Crippen LogP contribution < -0.4 is 4.90 Å². The maximum absolute atomic E-state index is 13.6. The monoisotopic (exact) mass is 570 g/mol. The van der Waals surface area contributed by atoms with E-state index in [2.05, 4.69) is 6.07 Å². The van der Waals surface area contributed by atoms with Gasteiger partial charge in [-0.15, -0.1) is 5.10 Å². The number of aryl methyl sites for hydroxylation is 1. The first-order chi connectivity index (χ1) is 19.7. The molecule has 1 saturated carbocycles. The second-order valence-corrected chi connectivity index (χ2v) is 13.3. The molecule has 0 bridgehead atoms. The predicted octanol–water partition coefficient (Wildman–Crippen LogP) is 7.61. The summed E-state index contributed by atoms with van der Waals surface area (Å²) >= 11 is 0. The van der Waals surface area contributed by atoms with Gasteiger partial charge < -0.3 is 9.47 Å². The third-order valence-electron chi connectivity index (χ3n) is 7.14. The molecule has 2 atom stereocenters. The normalized spacial score (nSPS) is 17.0. The van der Waals surface area contributed by atoms with E-state index in [0.29, 0.717) is 24.3 Å². The van der Waals surface area contributed by atoms with Crippen LogP contribution in [-0.2, 0) is 14.3 Å². The standard InChI is InChI=1S/C34H42N4O4/c1-23-8-14-27(15-9-23)29-20-30(36-38(29)28-16-12-24(21-35)13-17-28)37(32(40)42-34(5,6)7)22-26-11-10-25(18-26)19-31(39)41-33(2,3)4/h8-9,12-17,20,25-26H,10-11,18-19,22H2,1-7H3/t25?,26-/m0/s1. The Balaban J connectivity index is 1.66.